The minimum Gasteiger partial charge on any atom is -0.472 e. The molecule has 0 aliphatic carbocycles. The maximum absolute atomic E-state index is 5.29. The number of furan rings is 2. The minimum absolute atomic E-state index is 0.856. The molecule has 18 heavy (non-hydrogen) atoms. The molecule has 0 aliphatic heterocycles. The number of rotatable bonds is 7. The Morgan fingerprint density at radius 1 is 1.28 bits per heavy atom. The van der Waals surface area contributed by atoms with E-state index in [0.29, 0.717) is 0 Å². The second-order valence-corrected chi connectivity index (χ2v) is 4.55. The highest BCUT2D eigenvalue weighted by Gasteiger charge is 2.04. The molecule has 2 aromatic heterocycles. The standard InChI is InChI=1S/C14H20N2O2/c1-12-14(4-8-18-12)10-16(2)6-5-15-9-13-3-7-17-11-13/h3-4,7-8,11,15H,5-6,9-10H2,1-2H3. The molecule has 0 saturated heterocycles. The molecule has 0 amide bonds. The zero-order chi connectivity index (χ0) is 12.8. The van der Waals surface area contributed by atoms with Crippen molar-refractivity contribution in [2.24, 2.45) is 0 Å². The molecule has 0 fully saturated rings. The maximum Gasteiger partial charge on any atom is 0.105 e. The number of likely N-dealkylation sites (N-methyl/N-ethyl adjacent to an activating group) is 1. The summed E-state index contributed by atoms with van der Waals surface area (Å²) in [6, 6.07) is 4.01. The normalized spacial score (nSPS) is 11.3. The SMILES string of the molecule is Cc1occc1CN(C)CCNCc1ccoc1. The number of hydrogen-bond donors (Lipinski definition) is 1. The summed E-state index contributed by atoms with van der Waals surface area (Å²) in [7, 11) is 2.12. The van der Waals surface area contributed by atoms with Crippen molar-refractivity contribution in [3.63, 3.8) is 0 Å². The van der Waals surface area contributed by atoms with Gasteiger partial charge in [0.25, 0.3) is 0 Å². The van der Waals surface area contributed by atoms with Crippen molar-refractivity contribution in [2.75, 3.05) is 20.1 Å². The Hall–Kier alpha value is -1.52. The van der Waals surface area contributed by atoms with E-state index >= 15 is 0 Å². The first-order chi connectivity index (χ1) is 8.75. The molecule has 0 spiro atoms. The van der Waals surface area contributed by atoms with E-state index < -0.39 is 0 Å². The van der Waals surface area contributed by atoms with Gasteiger partial charge in [-0.15, -0.1) is 0 Å². The van der Waals surface area contributed by atoms with E-state index in [1.54, 1.807) is 18.8 Å². The van der Waals surface area contributed by atoms with E-state index in [-0.39, 0.29) is 0 Å². The average molecular weight is 248 g/mol. The van der Waals surface area contributed by atoms with Crippen molar-refractivity contribution in [3.05, 3.63) is 47.8 Å². The van der Waals surface area contributed by atoms with Gasteiger partial charge in [-0.1, -0.05) is 0 Å². The Labute approximate surface area is 108 Å². The zero-order valence-electron chi connectivity index (χ0n) is 11.0. The topological polar surface area (TPSA) is 41.6 Å². The first kappa shape index (κ1) is 12.9. The molecule has 0 atom stereocenters. The predicted molar refractivity (Wildman–Crippen MR) is 70.2 cm³/mol. The summed E-state index contributed by atoms with van der Waals surface area (Å²) in [5.41, 5.74) is 2.44. The fourth-order valence-electron chi connectivity index (χ4n) is 1.84. The molecule has 0 unspecified atom stereocenters. The Morgan fingerprint density at radius 2 is 2.17 bits per heavy atom. The molecule has 0 aliphatic rings. The Bertz CT molecular complexity index is 448. The van der Waals surface area contributed by atoms with Crippen LogP contribution >= 0.6 is 0 Å². The maximum atomic E-state index is 5.29. The van der Waals surface area contributed by atoms with Gasteiger partial charge in [-0.2, -0.15) is 0 Å². The molecule has 2 rings (SSSR count). The predicted octanol–water partition coefficient (Wildman–Crippen LogP) is 2.40. The Balaban J connectivity index is 1.63. The summed E-state index contributed by atoms with van der Waals surface area (Å²) in [6.07, 6.45) is 5.21. The molecular formula is C14H20N2O2. The first-order valence-corrected chi connectivity index (χ1v) is 6.19. The van der Waals surface area contributed by atoms with Crippen LogP contribution in [-0.2, 0) is 13.1 Å². The van der Waals surface area contributed by atoms with E-state index in [0.717, 1.165) is 31.9 Å². The molecule has 0 aromatic carbocycles. The lowest BCUT2D eigenvalue weighted by Gasteiger charge is -2.16. The van der Waals surface area contributed by atoms with Gasteiger partial charge in [0.15, 0.2) is 0 Å². The molecular weight excluding hydrogens is 228 g/mol. The quantitative estimate of drug-likeness (QED) is 0.764. The third-order valence-electron chi connectivity index (χ3n) is 2.99. The van der Waals surface area contributed by atoms with E-state index in [1.165, 1.54) is 11.1 Å². The van der Waals surface area contributed by atoms with Gasteiger partial charge in [-0.05, 0) is 26.1 Å². The largest absolute Gasteiger partial charge is 0.472 e. The Morgan fingerprint density at radius 3 is 2.83 bits per heavy atom. The first-order valence-electron chi connectivity index (χ1n) is 6.19. The highest BCUT2D eigenvalue weighted by Crippen LogP contribution is 2.10. The van der Waals surface area contributed by atoms with Crippen LogP contribution in [0.15, 0.2) is 39.8 Å². The molecule has 2 aromatic rings. The smallest absolute Gasteiger partial charge is 0.105 e. The lowest BCUT2D eigenvalue weighted by atomic mass is 10.2. The summed E-state index contributed by atoms with van der Waals surface area (Å²) >= 11 is 0. The van der Waals surface area contributed by atoms with Gasteiger partial charge >= 0.3 is 0 Å². The van der Waals surface area contributed by atoms with Crippen LogP contribution in [0.5, 0.6) is 0 Å². The highest BCUT2D eigenvalue weighted by atomic mass is 16.3. The van der Waals surface area contributed by atoms with Crippen LogP contribution in [0.4, 0.5) is 0 Å². The molecule has 1 N–H and O–H groups in total. The number of nitrogens with zero attached hydrogens (tertiary/aromatic N) is 1. The molecule has 0 radical (unpaired) electrons. The third-order valence-corrected chi connectivity index (χ3v) is 2.99. The van der Waals surface area contributed by atoms with Gasteiger partial charge in [0.05, 0.1) is 18.8 Å². The molecule has 0 bridgehead atoms. The fourth-order valence-corrected chi connectivity index (χ4v) is 1.84. The van der Waals surface area contributed by atoms with Crippen LogP contribution in [0.25, 0.3) is 0 Å². The van der Waals surface area contributed by atoms with Crippen molar-refractivity contribution >= 4 is 0 Å². The van der Waals surface area contributed by atoms with Crippen molar-refractivity contribution in [1.82, 2.24) is 10.2 Å². The van der Waals surface area contributed by atoms with E-state index in [9.17, 15) is 0 Å². The number of aryl methyl sites for hydroxylation is 1. The van der Waals surface area contributed by atoms with Gasteiger partial charge in [0, 0.05) is 37.3 Å². The molecule has 4 nitrogen and oxygen atoms in total. The van der Waals surface area contributed by atoms with Crippen LogP contribution in [0.2, 0.25) is 0 Å². The zero-order valence-corrected chi connectivity index (χ0v) is 11.0. The van der Waals surface area contributed by atoms with Crippen LogP contribution in [0, 0.1) is 6.92 Å². The van der Waals surface area contributed by atoms with Gasteiger partial charge in [0.2, 0.25) is 0 Å². The van der Waals surface area contributed by atoms with Crippen molar-refractivity contribution < 1.29 is 8.83 Å². The van der Waals surface area contributed by atoms with Gasteiger partial charge < -0.3 is 19.1 Å². The van der Waals surface area contributed by atoms with Crippen molar-refractivity contribution in [2.45, 2.75) is 20.0 Å². The van der Waals surface area contributed by atoms with Gasteiger partial charge in [-0.25, -0.2) is 0 Å². The highest BCUT2D eigenvalue weighted by molar-refractivity contribution is 5.14. The number of nitrogens with one attached hydrogen (secondary N) is 1. The lowest BCUT2D eigenvalue weighted by molar-refractivity contribution is 0.321. The van der Waals surface area contributed by atoms with Gasteiger partial charge in [0.1, 0.15) is 5.76 Å². The fraction of sp³-hybridized carbons (Fsp3) is 0.429. The summed E-state index contributed by atoms with van der Waals surface area (Å²) < 4.78 is 10.3. The van der Waals surface area contributed by atoms with Crippen LogP contribution in [-0.4, -0.2) is 25.0 Å². The Kier molecular flexibility index (Phi) is 4.61. The van der Waals surface area contributed by atoms with E-state index in [2.05, 4.69) is 17.3 Å². The van der Waals surface area contributed by atoms with Gasteiger partial charge in [-0.3, -0.25) is 0 Å². The summed E-state index contributed by atoms with van der Waals surface area (Å²) in [5.74, 6) is 1.01. The molecule has 2 heterocycles. The lowest BCUT2D eigenvalue weighted by Crippen LogP contribution is -2.28. The molecule has 4 heteroatoms. The third kappa shape index (κ3) is 3.75. The summed E-state index contributed by atoms with van der Waals surface area (Å²) in [4.78, 5) is 2.28. The molecule has 98 valence electrons. The van der Waals surface area contributed by atoms with E-state index in [1.807, 2.05) is 19.1 Å². The summed E-state index contributed by atoms with van der Waals surface area (Å²) in [6.45, 7) is 5.74. The minimum atomic E-state index is 0.856. The second kappa shape index (κ2) is 6.42. The second-order valence-electron chi connectivity index (χ2n) is 4.55. The number of hydrogen-bond acceptors (Lipinski definition) is 4. The van der Waals surface area contributed by atoms with Crippen LogP contribution < -0.4 is 5.32 Å². The average Bonchev–Trinajstić information content (AvgIpc) is 2.98. The van der Waals surface area contributed by atoms with Crippen molar-refractivity contribution in [1.29, 1.82) is 0 Å². The molecule has 0 saturated carbocycles. The monoisotopic (exact) mass is 248 g/mol. The van der Waals surface area contributed by atoms with Crippen LogP contribution in [0.1, 0.15) is 16.9 Å². The van der Waals surface area contributed by atoms with Crippen LogP contribution in [0.3, 0.4) is 0 Å². The van der Waals surface area contributed by atoms with E-state index in [4.69, 9.17) is 8.83 Å². The van der Waals surface area contributed by atoms with Crippen molar-refractivity contribution in [3.8, 4) is 0 Å². The summed E-state index contributed by atoms with van der Waals surface area (Å²) in [5, 5.41) is 3.39.